The van der Waals surface area contributed by atoms with Gasteiger partial charge in [0.2, 0.25) is 0 Å². The van der Waals surface area contributed by atoms with Crippen LogP contribution in [0.3, 0.4) is 0 Å². The van der Waals surface area contributed by atoms with Gasteiger partial charge >= 0.3 is 0 Å². The second-order valence-corrected chi connectivity index (χ2v) is 3.36. The molecule has 0 N–H and O–H groups in total. The van der Waals surface area contributed by atoms with Crippen LogP contribution in [0.5, 0.6) is 0 Å². The van der Waals surface area contributed by atoms with Crippen LogP contribution in [-0.4, -0.2) is 23.7 Å². The Morgan fingerprint density at radius 3 is 3.15 bits per heavy atom. The fraction of sp³-hybridized carbons (Fsp3) is 0.600. The first-order valence-corrected chi connectivity index (χ1v) is 4.63. The third-order valence-corrected chi connectivity index (χ3v) is 2.17. The van der Waals surface area contributed by atoms with Crippen LogP contribution in [0, 0.1) is 6.20 Å². The van der Waals surface area contributed by atoms with Crippen molar-refractivity contribution in [2.45, 2.75) is 25.2 Å². The van der Waals surface area contributed by atoms with Gasteiger partial charge in [0.15, 0.2) is 0 Å². The predicted molar refractivity (Wildman–Crippen MR) is 48.4 cm³/mol. The molecule has 1 aromatic heterocycles. The summed E-state index contributed by atoms with van der Waals surface area (Å²) < 4.78 is 4.99. The second-order valence-electron chi connectivity index (χ2n) is 3.36. The first-order valence-electron chi connectivity index (χ1n) is 4.63. The van der Waals surface area contributed by atoms with Crippen molar-refractivity contribution in [3.8, 4) is 0 Å². The van der Waals surface area contributed by atoms with E-state index in [1.54, 1.807) is 7.11 Å². The molecule has 13 heavy (non-hydrogen) atoms. The van der Waals surface area contributed by atoms with Gasteiger partial charge in [-0.3, -0.25) is 0 Å². The molecule has 1 radical (unpaired) electrons. The van der Waals surface area contributed by atoms with E-state index < -0.39 is 0 Å². The lowest BCUT2D eigenvalue weighted by atomic mass is 10.3. The zero-order chi connectivity index (χ0) is 9.10. The normalized spacial score (nSPS) is 16.1. The molecule has 0 amide bonds. The van der Waals surface area contributed by atoms with E-state index in [2.05, 4.69) is 16.2 Å². The molecule has 0 aliphatic heterocycles. The van der Waals surface area contributed by atoms with Gasteiger partial charge in [-0.2, -0.15) is 0 Å². The quantitative estimate of drug-likeness (QED) is 0.696. The zero-order valence-corrected chi connectivity index (χ0v) is 7.79. The monoisotopic (exact) mass is 177 g/mol. The maximum atomic E-state index is 4.99. The molecule has 0 bridgehead atoms. The zero-order valence-electron chi connectivity index (χ0n) is 7.79. The molecule has 3 heteroatoms. The Bertz CT molecular complexity index is 284. The summed E-state index contributed by atoms with van der Waals surface area (Å²) in [6, 6.07) is 1.84. The highest BCUT2D eigenvalue weighted by molar-refractivity contribution is 5.09. The maximum Gasteiger partial charge on any atom is 0.132 e. The van der Waals surface area contributed by atoms with Crippen molar-refractivity contribution in [2.75, 3.05) is 13.7 Å². The minimum Gasteiger partial charge on any atom is -0.384 e. The number of methoxy groups -OCH3 is 1. The van der Waals surface area contributed by atoms with Gasteiger partial charge in [-0.15, -0.1) is 0 Å². The van der Waals surface area contributed by atoms with Crippen molar-refractivity contribution >= 4 is 0 Å². The standard InChI is InChI=1S/C10H13N2O/c1-13-7-5-9-4-6-11-10(12-9)8-2-3-8/h4,8H,2-3,5,7H2,1H3. The van der Waals surface area contributed by atoms with Gasteiger partial charge in [-0.25, -0.2) is 9.97 Å². The van der Waals surface area contributed by atoms with Crippen molar-refractivity contribution in [3.63, 3.8) is 0 Å². The topological polar surface area (TPSA) is 35.0 Å². The van der Waals surface area contributed by atoms with Crippen LogP contribution in [-0.2, 0) is 11.2 Å². The van der Waals surface area contributed by atoms with Gasteiger partial charge < -0.3 is 4.74 Å². The predicted octanol–water partition coefficient (Wildman–Crippen LogP) is 1.34. The Kier molecular flexibility index (Phi) is 2.54. The molecule has 0 saturated heterocycles. The number of ether oxygens (including phenoxy) is 1. The van der Waals surface area contributed by atoms with Crippen LogP contribution in [0.2, 0.25) is 0 Å². The van der Waals surface area contributed by atoms with Gasteiger partial charge in [0.1, 0.15) is 5.82 Å². The number of hydrogen-bond donors (Lipinski definition) is 0. The van der Waals surface area contributed by atoms with E-state index >= 15 is 0 Å². The van der Waals surface area contributed by atoms with E-state index in [4.69, 9.17) is 4.74 Å². The summed E-state index contributed by atoms with van der Waals surface area (Å²) >= 11 is 0. The lowest BCUT2D eigenvalue weighted by Gasteiger charge is -2.00. The molecule has 69 valence electrons. The van der Waals surface area contributed by atoms with Crippen LogP contribution < -0.4 is 0 Å². The van der Waals surface area contributed by atoms with E-state index in [0.29, 0.717) is 5.92 Å². The highest BCUT2D eigenvalue weighted by Gasteiger charge is 2.26. The number of rotatable bonds is 4. The summed E-state index contributed by atoms with van der Waals surface area (Å²) in [7, 11) is 1.70. The molecular weight excluding hydrogens is 164 g/mol. The van der Waals surface area contributed by atoms with Crippen molar-refractivity contribution in [3.05, 3.63) is 23.8 Å². The molecule has 1 heterocycles. The Labute approximate surface area is 78.2 Å². The Hall–Kier alpha value is -0.960. The van der Waals surface area contributed by atoms with Gasteiger partial charge in [-0.05, 0) is 18.9 Å². The summed E-state index contributed by atoms with van der Waals surface area (Å²) in [5.74, 6) is 1.58. The highest BCUT2D eigenvalue weighted by atomic mass is 16.5. The van der Waals surface area contributed by atoms with Gasteiger partial charge in [0, 0.05) is 25.1 Å². The van der Waals surface area contributed by atoms with Crippen molar-refractivity contribution in [1.82, 2.24) is 9.97 Å². The van der Waals surface area contributed by atoms with Crippen LogP contribution in [0.25, 0.3) is 0 Å². The number of hydrogen-bond acceptors (Lipinski definition) is 3. The summed E-state index contributed by atoms with van der Waals surface area (Å²) in [4.78, 5) is 8.58. The van der Waals surface area contributed by atoms with E-state index in [-0.39, 0.29) is 0 Å². The second kappa shape index (κ2) is 3.83. The molecule has 3 nitrogen and oxygen atoms in total. The summed E-state index contributed by atoms with van der Waals surface area (Å²) in [6.45, 7) is 0.717. The first kappa shape index (κ1) is 8.63. The smallest absolute Gasteiger partial charge is 0.132 e. The Balaban J connectivity index is 2.03. The van der Waals surface area contributed by atoms with Crippen LogP contribution in [0.1, 0.15) is 30.3 Å². The number of aromatic nitrogens is 2. The van der Waals surface area contributed by atoms with E-state index in [1.165, 1.54) is 12.8 Å². The molecule has 2 rings (SSSR count). The lowest BCUT2D eigenvalue weighted by molar-refractivity contribution is 0.201. The molecule has 0 unspecified atom stereocenters. The third-order valence-electron chi connectivity index (χ3n) is 2.17. The van der Waals surface area contributed by atoms with Crippen molar-refractivity contribution < 1.29 is 4.74 Å². The van der Waals surface area contributed by atoms with Crippen molar-refractivity contribution in [2.24, 2.45) is 0 Å². The fourth-order valence-electron chi connectivity index (χ4n) is 1.24. The fourth-order valence-corrected chi connectivity index (χ4v) is 1.24. The van der Waals surface area contributed by atoms with Gasteiger partial charge in [-0.1, -0.05) is 0 Å². The molecule has 1 aliphatic carbocycles. The van der Waals surface area contributed by atoms with Crippen molar-refractivity contribution in [1.29, 1.82) is 0 Å². The maximum absolute atomic E-state index is 4.99. The molecule has 0 aromatic carbocycles. The summed E-state index contributed by atoms with van der Waals surface area (Å²) in [5, 5.41) is 0. The molecular formula is C10H13N2O. The minimum atomic E-state index is 0.610. The van der Waals surface area contributed by atoms with Crippen LogP contribution in [0.15, 0.2) is 6.07 Å². The minimum absolute atomic E-state index is 0.610. The van der Waals surface area contributed by atoms with Gasteiger partial charge in [0.05, 0.1) is 12.8 Å². The summed E-state index contributed by atoms with van der Waals surface area (Å²) in [5.41, 5.74) is 1.04. The van der Waals surface area contributed by atoms with E-state index in [0.717, 1.165) is 24.5 Å². The average molecular weight is 177 g/mol. The molecule has 1 aromatic rings. The Morgan fingerprint density at radius 2 is 2.46 bits per heavy atom. The molecule has 0 atom stereocenters. The average Bonchev–Trinajstić information content (AvgIpc) is 2.98. The highest BCUT2D eigenvalue weighted by Crippen LogP contribution is 2.37. The summed E-state index contributed by atoms with van der Waals surface area (Å²) in [6.07, 6.45) is 6.22. The van der Waals surface area contributed by atoms with E-state index in [9.17, 15) is 0 Å². The Morgan fingerprint density at radius 1 is 1.62 bits per heavy atom. The SMILES string of the molecule is COCCc1c[c]nc(C2CC2)n1. The molecule has 1 saturated carbocycles. The lowest BCUT2D eigenvalue weighted by Crippen LogP contribution is -2.01. The van der Waals surface area contributed by atoms with Gasteiger partial charge in [0.25, 0.3) is 0 Å². The first-order chi connectivity index (χ1) is 6.40. The van der Waals surface area contributed by atoms with Crippen LogP contribution >= 0.6 is 0 Å². The van der Waals surface area contributed by atoms with E-state index in [1.807, 2.05) is 6.07 Å². The van der Waals surface area contributed by atoms with Crippen LogP contribution in [0.4, 0.5) is 0 Å². The largest absolute Gasteiger partial charge is 0.384 e. The third kappa shape index (κ3) is 2.25. The number of nitrogens with zero attached hydrogens (tertiary/aromatic N) is 2. The molecule has 1 fully saturated rings. The molecule has 1 aliphatic rings. The molecule has 0 spiro atoms.